The van der Waals surface area contributed by atoms with Gasteiger partial charge in [-0.1, -0.05) is 18.2 Å². The summed E-state index contributed by atoms with van der Waals surface area (Å²) in [7, 11) is -3.33. The Hall–Kier alpha value is -2.37. The summed E-state index contributed by atoms with van der Waals surface area (Å²) in [5.74, 6) is -0.225. The van der Waals surface area contributed by atoms with Gasteiger partial charge in [0.2, 0.25) is 0 Å². The minimum atomic E-state index is -3.33. The van der Waals surface area contributed by atoms with Crippen LogP contribution in [0.3, 0.4) is 0 Å². The number of aromatic nitrogens is 1. The topological polar surface area (TPSA) is 56.1 Å². The summed E-state index contributed by atoms with van der Waals surface area (Å²) in [6.07, 6.45) is 1.16. The van der Waals surface area contributed by atoms with Gasteiger partial charge in [0.15, 0.2) is 9.84 Å². The van der Waals surface area contributed by atoms with E-state index in [2.05, 4.69) is 6.58 Å². The molecule has 0 bridgehead atoms. The highest BCUT2D eigenvalue weighted by atomic mass is 35.5. The van der Waals surface area contributed by atoms with Crippen LogP contribution in [0.15, 0.2) is 60.0 Å². The molecule has 0 saturated heterocycles. The molecule has 0 amide bonds. The summed E-state index contributed by atoms with van der Waals surface area (Å²) >= 11 is 5.89. The van der Waals surface area contributed by atoms with Gasteiger partial charge in [0.25, 0.3) is 5.91 Å². The highest BCUT2D eigenvalue weighted by Crippen LogP contribution is 2.28. The van der Waals surface area contributed by atoms with Crippen LogP contribution in [0.1, 0.15) is 23.0 Å². The van der Waals surface area contributed by atoms with Crippen molar-refractivity contribution in [3.8, 4) is 0 Å². The van der Waals surface area contributed by atoms with Crippen molar-refractivity contribution in [1.82, 2.24) is 4.57 Å². The Morgan fingerprint density at radius 1 is 1.08 bits per heavy atom. The summed E-state index contributed by atoms with van der Waals surface area (Å²) in [5, 5.41) is 1.22. The number of halogens is 1. The molecular formula is C19H16ClNO3S. The normalized spacial score (nSPS) is 11.6. The van der Waals surface area contributed by atoms with Crippen molar-refractivity contribution < 1.29 is 13.2 Å². The highest BCUT2D eigenvalue weighted by molar-refractivity contribution is 7.90. The number of rotatable bonds is 3. The third-order valence-electron chi connectivity index (χ3n) is 3.93. The predicted octanol–water partition coefficient (Wildman–Crippen LogP) is 4.42. The van der Waals surface area contributed by atoms with E-state index in [0.717, 1.165) is 6.26 Å². The van der Waals surface area contributed by atoms with Crippen LogP contribution in [-0.4, -0.2) is 25.1 Å². The highest BCUT2D eigenvalue weighted by Gasteiger charge is 2.19. The fourth-order valence-electron chi connectivity index (χ4n) is 2.68. The molecule has 1 aromatic heterocycles. The Kier molecular flexibility index (Phi) is 4.31. The molecule has 0 radical (unpaired) electrons. The minimum absolute atomic E-state index is 0.212. The van der Waals surface area contributed by atoms with Gasteiger partial charge in [0.1, 0.15) is 0 Å². The first-order chi connectivity index (χ1) is 11.7. The lowest BCUT2D eigenvalue weighted by Gasteiger charge is -2.10. The molecule has 6 heteroatoms. The van der Waals surface area contributed by atoms with Crippen molar-refractivity contribution in [2.45, 2.75) is 11.8 Å². The quantitative estimate of drug-likeness (QED) is 0.682. The van der Waals surface area contributed by atoms with E-state index in [-0.39, 0.29) is 10.8 Å². The molecule has 0 spiro atoms. The maximum Gasteiger partial charge on any atom is 0.262 e. The molecule has 4 nitrogen and oxygen atoms in total. The Morgan fingerprint density at radius 3 is 2.28 bits per heavy atom. The summed E-state index contributed by atoms with van der Waals surface area (Å²) in [6, 6.07) is 13.1. The summed E-state index contributed by atoms with van der Waals surface area (Å²) in [6.45, 7) is 5.73. The summed E-state index contributed by atoms with van der Waals surface area (Å²) in [5.41, 5.74) is 2.46. The van der Waals surface area contributed by atoms with Crippen molar-refractivity contribution in [1.29, 1.82) is 0 Å². The molecule has 0 saturated carbocycles. The molecule has 0 aliphatic carbocycles. The second kappa shape index (κ2) is 6.17. The van der Waals surface area contributed by atoms with Gasteiger partial charge < -0.3 is 0 Å². The van der Waals surface area contributed by atoms with Crippen LogP contribution < -0.4 is 0 Å². The number of sulfone groups is 1. The third-order valence-corrected chi connectivity index (χ3v) is 5.29. The van der Waals surface area contributed by atoms with Gasteiger partial charge >= 0.3 is 0 Å². The van der Waals surface area contributed by atoms with Crippen molar-refractivity contribution in [2.75, 3.05) is 6.26 Å². The first-order valence-corrected chi connectivity index (χ1v) is 9.77. The van der Waals surface area contributed by atoms with E-state index in [9.17, 15) is 13.2 Å². The molecule has 0 unspecified atom stereocenters. The van der Waals surface area contributed by atoms with E-state index in [1.165, 1.54) is 6.07 Å². The lowest BCUT2D eigenvalue weighted by atomic mass is 10.2. The van der Waals surface area contributed by atoms with E-state index < -0.39 is 9.84 Å². The first-order valence-electron chi connectivity index (χ1n) is 7.50. The molecule has 1 heterocycles. The number of nitrogens with zero attached hydrogens (tertiary/aromatic N) is 1. The number of carbonyl (C=O) groups is 1. The standard InChI is InChI=1S/C19H16ClNO3S/c1-12(2)18-11-14-10-16(25(3,23)24)8-9-17(14)21(18)19(22)13-4-6-15(20)7-5-13/h4-11H,1H2,2-3H3. The second-order valence-corrected chi connectivity index (χ2v) is 8.40. The molecule has 3 rings (SSSR count). The van der Waals surface area contributed by atoms with Gasteiger partial charge in [-0.15, -0.1) is 0 Å². The Morgan fingerprint density at radius 2 is 1.72 bits per heavy atom. The number of benzene rings is 2. The van der Waals surface area contributed by atoms with E-state index in [1.54, 1.807) is 54.0 Å². The van der Waals surface area contributed by atoms with Crippen LogP contribution in [0.5, 0.6) is 0 Å². The first kappa shape index (κ1) is 17.5. The van der Waals surface area contributed by atoms with Crippen LogP contribution in [-0.2, 0) is 9.84 Å². The van der Waals surface area contributed by atoms with Crippen molar-refractivity contribution in [3.63, 3.8) is 0 Å². The Bertz CT molecular complexity index is 1110. The monoisotopic (exact) mass is 373 g/mol. The number of allylic oxidation sites excluding steroid dienone is 1. The minimum Gasteiger partial charge on any atom is -0.276 e. The van der Waals surface area contributed by atoms with Crippen LogP contribution in [0.2, 0.25) is 5.02 Å². The molecule has 128 valence electrons. The molecule has 0 aliphatic heterocycles. The molecule has 0 aliphatic rings. The Balaban J connectivity index is 2.25. The molecule has 3 aromatic rings. The van der Waals surface area contributed by atoms with Gasteiger partial charge in [-0.25, -0.2) is 8.42 Å². The maximum atomic E-state index is 13.0. The van der Waals surface area contributed by atoms with E-state index in [1.807, 2.05) is 0 Å². The third kappa shape index (κ3) is 3.25. The number of hydrogen-bond acceptors (Lipinski definition) is 3. The van der Waals surface area contributed by atoms with Gasteiger partial charge in [0.05, 0.1) is 16.1 Å². The average Bonchev–Trinajstić information content (AvgIpc) is 2.93. The average molecular weight is 374 g/mol. The van der Waals surface area contributed by atoms with Gasteiger partial charge in [-0.05, 0) is 61.0 Å². The second-order valence-electron chi connectivity index (χ2n) is 5.95. The lowest BCUT2D eigenvalue weighted by Crippen LogP contribution is -2.14. The van der Waals surface area contributed by atoms with E-state index in [0.29, 0.717) is 32.8 Å². The zero-order valence-corrected chi connectivity index (χ0v) is 15.4. The van der Waals surface area contributed by atoms with Crippen molar-refractivity contribution >= 4 is 43.8 Å². The van der Waals surface area contributed by atoms with Gasteiger partial charge in [-0.2, -0.15) is 0 Å². The summed E-state index contributed by atoms with van der Waals surface area (Å²) < 4.78 is 25.1. The fourth-order valence-corrected chi connectivity index (χ4v) is 3.46. The van der Waals surface area contributed by atoms with Gasteiger partial charge in [-0.3, -0.25) is 9.36 Å². The van der Waals surface area contributed by atoms with Crippen LogP contribution in [0.4, 0.5) is 0 Å². The molecule has 0 N–H and O–H groups in total. The Labute approximate surface area is 151 Å². The smallest absolute Gasteiger partial charge is 0.262 e. The SMILES string of the molecule is C=C(C)c1cc2cc(S(C)(=O)=O)ccc2n1C(=O)c1ccc(Cl)cc1. The van der Waals surface area contributed by atoms with Crippen LogP contribution in [0, 0.1) is 0 Å². The van der Waals surface area contributed by atoms with E-state index in [4.69, 9.17) is 11.6 Å². The van der Waals surface area contributed by atoms with Crippen molar-refractivity contribution in [3.05, 3.63) is 71.4 Å². The molecule has 0 atom stereocenters. The zero-order chi connectivity index (χ0) is 18.4. The molecular weight excluding hydrogens is 358 g/mol. The van der Waals surface area contributed by atoms with Gasteiger partial charge in [0, 0.05) is 22.2 Å². The molecule has 2 aromatic carbocycles. The fraction of sp³-hybridized carbons (Fsp3) is 0.105. The number of hydrogen-bond donors (Lipinski definition) is 0. The lowest BCUT2D eigenvalue weighted by molar-refractivity contribution is 0.0964. The van der Waals surface area contributed by atoms with Crippen molar-refractivity contribution in [2.24, 2.45) is 0 Å². The predicted molar refractivity (Wildman–Crippen MR) is 101 cm³/mol. The molecule has 0 fully saturated rings. The molecule has 25 heavy (non-hydrogen) atoms. The maximum absolute atomic E-state index is 13.0. The summed E-state index contributed by atoms with van der Waals surface area (Å²) in [4.78, 5) is 13.2. The zero-order valence-electron chi connectivity index (χ0n) is 13.8. The number of fused-ring (bicyclic) bond motifs is 1. The van der Waals surface area contributed by atoms with Crippen LogP contribution >= 0.6 is 11.6 Å². The van der Waals surface area contributed by atoms with Crippen LogP contribution in [0.25, 0.3) is 16.5 Å². The van der Waals surface area contributed by atoms with E-state index >= 15 is 0 Å². The number of carbonyl (C=O) groups excluding carboxylic acids is 1. The largest absolute Gasteiger partial charge is 0.276 e.